The Hall–Kier alpha value is -3.71. The molecule has 190 valence electrons. The number of benzene rings is 2. The molecule has 0 aliphatic carbocycles. The molecule has 0 bridgehead atoms. The van der Waals surface area contributed by atoms with Crippen molar-refractivity contribution in [3.8, 4) is 0 Å². The van der Waals surface area contributed by atoms with Gasteiger partial charge in [0, 0.05) is 11.3 Å². The second-order valence-corrected chi connectivity index (χ2v) is 7.21. The van der Waals surface area contributed by atoms with Crippen LogP contribution in [0.4, 0.5) is 46.5 Å². The third-order valence-corrected chi connectivity index (χ3v) is 4.81. The van der Waals surface area contributed by atoms with Crippen LogP contribution in [0, 0.1) is 19.7 Å². The van der Waals surface area contributed by atoms with Crippen molar-refractivity contribution in [3.63, 3.8) is 0 Å². The average molecular weight is 512 g/mol. The van der Waals surface area contributed by atoms with Gasteiger partial charge >= 0.3 is 29.9 Å². The minimum absolute atomic E-state index is 0.271. The van der Waals surface area contributed by atoms with Crippen LogP contribution in [0.1, 0.15) is 27.0 Å². The van der Waals surface area contributed by atoms with Crippen LogP contribution in [0.25, 0.3) is 0 Å². The monoisotopic (exact) mass is 512 g/mol. The number of hydrogen-bond donors (Lipinski definition) is 2. The van der Waals surface area contributed by atoms with E-state index in [4.69, 9.17) is 0 Å². The Kier molecular flexibility index (Phi) is 7.48. The number of rotatable bonds is 4. The van der Waals surface area contributed by atoms with Crippen LogP contribution in [-0.2, 0) is 20.0 Å². The smallest absolute Gasteiger partial charge is 0.435 e. The number of carbonyl (C=O) groups excluding carboxylic acids is 3. The SMILES string of the molecule is COC(=O)C(=O)Nc1cccc(C(=O)Nc2c(C)cc(C(F)(C(F)(F)F)C(F)(F)F)cc2C)c1F. The minimum Gasteiger partial charge on any atom is -0.462 e. The first-order valence-corrected chi connectivity index (χ1v) is 9.39. The molecule has 0 saturated carbocycles. The Morgan fingerprint density at radius 1 is 0.857 bits per heavy atom. The normalized spacial score (nSPS) is 12.2. The molecule has 2 amide bonds. The van der Waals surface area contributed by atoms with E-state index >= 15 is 0 Å². The maximum atomic E-state index is 14.7. The summed E-state index contributed by atoms with van der Waals surface area (Å²) in [6, 6.07) is 3.63. The van der Waals surface area contributed by atoms with Crippen molar-refractivity contribution in [2.45, 2.75) is 31.9 Å². The first-order valence-electron chi connectivity index (χ1n) is 9.39. The van der Waals surface area contributed by atoms with Gasteiger partial charge in [-0.3, -0.25) is 9.59 Å². The molecule has 2 rings (SSSR count). The van der Waals surface area contributed by atoms with Crippen LogP contribution < -0.4 is 10.6 Å². The molecular formula is C21H16F8N2O4. The summed E-state index contributed by atoms with van der Waals surface area (Å²) in [6.07, 6.45) is -12.7. The van der Waals surface area contributed by atoms with E-state index in [0.29, 0.717) is 0 Å². The van der Waals surface area contributed by atoms with E-state index in [1.54, 1.807) is 0 Å². The third-order valence-electron chi connectivity index (χ3n) is 4.81. The molecule has 0 radical (unpaired) electrons. The van der Waals surface area contributed by atoms with E-state index in [2.05, 4.69) is 10.1 Å². The second-order valence-electron chi connectivity index (χ2n) is 7.21. The van der Waals surface area contributed by atoms with Crippen molar-refractivity contribution in [3.05, 3.63) is 58.4 Å². The van der Waals surface area contributed by atoms with E-state index in [1.807, 2.05) is 5.32 Å². The van der Waals surface area contributed by atoms with E-state index < -0.39 is 58.4 Å². The number of hydrogen-bond acceptors (Lipinski definition) is 4. The lowest BCUT2D eigenvalue weighted by Gasteiger charge is -2.31. The van der Waals surface area contributed by atoms with Crippen LogP contribution in [0.3, 0.4) is 0 Å². The molecular weight excluding hydrogens is 496 g/mol. The molecule has 6 nitrogen and oxygen atoms in total. The van der Waals surface area contributed by atoms with Crippen molar-refractivity contribution in [2.75, 3.05) is 17.7 Å². The van der Waals surface area contributed by atoms with Gasteiger partial charge in [-0.05, 0) is 37.1 Å². The molecule has 0 aliphatic heterocycles. The number of anilines is 2. The molecule has 0 saturated heterocycles. The minimum atomic E-state index is -6.33. The molecule has 14 heteroatoms. The number of esters is 1. The highest BCUT2D eigenvalue weighted by atomic mass is 19.4. The Labute approximate surface area is 192 Å². The van der Waals surface area contributed by atoms with Gasteiger partial charge in [-0.25, -0.2) is 13.6 Å². The van der Waals surface area contributed by atoms with Gasteiger partial charge in [0.15, 0.2) is 5.82 Å². The summed E-state index contributed by atoms with van der Waals surface area (Å²) in [5, 5.41) is 4.01. The van der Waals surface area contributed by atoms with Crippen LogP contribution >= 0.6 is 0 Å². The number of aryl methyl sites for hydroxylation is 2. The van der Waals surface area contributed by atoms with Gasteiger partial charge in [-0.2, -0.15) is 26.3 Å². The van der Waals surface area contributed by atoms with Crippen LogP contribution in [0.5, 0.6) is 0 Å². The first-order chi connectivity index (χ1) is 16.0. The number of amides is 2. The highest BCUT2D eigenvalue weighted by Crippen LogP contribution is 2.53. The quantitative estimate of drug-likeness (QED) is 0.340. The summed E-state index contributed by atoms with van der Waals surface area (Å²) in [5.74, 6) is -5.21. The van der Waals surface area contributed by atoms with Gasteiger partial charge in [-0.1, -0.05) is 18.2 Å². The molecule has 0 fully saturated rings. The fourth-order valence-electron chi connectivity index (χ4n) is 3.10. The van der Waals surface area contributed by atoms with Crippen molar-refractivity contribution >= 4 is 29.2 Å². The third kappa shape index (κ3) is 5.20. The van der Waals surface area contributed by atoms with E-state index in [1.165, 1.54) is 0 Å². The highest BCUT2D eigenvalue weighted by Gasteiger charge is 2.73. The Balaban J connectivity index is 2.44. The van der Waals surface area contributed by atoms with Gasteiger partial charge in [0.1, 0.15) is 0 Å². The number of ether oxygens (including phenoxy) is 1. The summed E-state index contributed by atoms with van der Waals surface area (Å²) in [5.41, 5.74) is -9.75. The summed E-state index contributed by atoms with van der Waals surface area (Å²) >= 11 is 0. The molecule has 0 atom stereocenters. The van der Waals surface area contributed by atoms with Gasteiger partial charge in [0.25, 0.3) is 5.91 Å². The fraction of sp³-hybridized carbons (Fsp3) is 0.286. The largest absolute Gasteiger partial charge is 0.462 e. The molecule has 0 unspecified atom stereocenters. The van der Waals surface area contributed by atoms with Gasteiger partial charge in [0.2, 0.25) is 0 Å². The Bertz CT molecular complexity index is 1140. The summed E-state index contributed by atoms with van der Waals surface area (Å²) in [6.45, 7) is 2.03. The van der Waals surface area contributed by atoms with Crippen molar-refractivity contribution in [2.24, 2.45) is 0 Å². The zero-order valence-electron chi connectivity index (χ0n) is 18.0. The number of alkyl halides is 7. The number of methoxy groups -OCH3 is 1. The summed E-state index contributed by atoms with van der Waals surface area (Å²) in [7, 11) is 0.897. The maximum Gasteiger partial charge on any atom is 0.435 e. The molecule has 0 heterocycles. The van der Waals surface area contributed by atoms with E-state index in [-0.39, 0.29) is 28.9 Å². The average Bonchev–Trinajstić information content (AvgIpc) is 2.74. The van der Waals surface area contributed by atoms with Gasteiger partial charge in [0.05, 0.1) is 18.4 Å². The van der Waals surface area contributed by atoms with Crippen LogP contribution in [0.2, 0.25) is 0 Å². The number of carbonyl (C=O) groups is 3. The fourth-order valence-corrected chi connectivity index (χ4v) is 3.10. The van der Waals surface area contributed by atoms with Gasteiger partial charge < -0.3 is 15.4 Å². The van der Waals surface area contributed by atoms with Crippen molar-refractivity contribution in [1.29, 1.82) is 0 Å². The number of halogens is 8. The number of nitrogens with one attached hydrogen (secondary N) is 2. The van der Waals surface area contributed by atoms with Crippen LogP contribution in [-0.4, -0.2) is 37.2 Å². The standard InChI is InChI=1S/C21H16F8N2O4/c1-9-7-11(19(23,20(24,25)26)21(27,28)29)8-10(2)15(9)31-16(32)12-5-4-6-13(14(12)22)30-17(33)18(34)35-3/h4-8H,1-3H3,(H,30,33)(H,31,32). The molecule has 35 heavy (non-hydrogen) atoms. The molecule has 2 aromatic carbocycles. The Morgan fingerprint density at radius 2 is 1.37 bits per heavy atom. The van der Waals surface area contributed by atoms with E-state index in [9.17, 15) is 49.5 Å². The lowest BCUT2D eigenvalue weighted by molar-refractivity contribution is -0.348. The lowest BCUT2D eigenvalue weighted by Crippen LogP contribution is -2.50. The van der Waals surface area contributed by atoms with Crippen molar-refractivity contribution < 1.29 is 54.2 Å². The summed E-state index contributed by atoms with van der Waals surface area (Å²) < 4.78 is 112. The lowest BCUT2D eigenvalue weighted by atomic mass is 9.90. The Morgan fingerprint density at radius 3 is 1.83 bits per heavy atom. The molecule has 2 aromatic rings. The first kappa shape index (κ1) is 27.5. The molecule has 0 aromatic heterocycles. The second kappa shape index (κ2) is 9.50. The van der Waals surface area contributed by atoms with Crippen molar-refractivity contribution in [1.82, 2.24) is 0 Å². The zero-order valence-corrected chi connectivity index (χ0v) is 18.0. The predicted molar refractivity (Wildman–Crippen MR) is 106 cm³/mol. The molecule has 2 N–H and O–H groups in total. The molecule has 0 spiro atoms. The maximum absolute atomic E-state index is 14.7. The highest BCUT2D eigenvalue weighted by molar-refractivity contribution is 6.37. The topological polar surface area (TPSA) is 84.5 Å². The van der Waals surface area contributed by atoms with E-state index in [0.717, 1.165) is 39.2 Å². The summed E-state index contributed by atoms with van der Waals surface area (Å²) in [4.78, 5) is 35.3. The predicted octanol–water partition coefficient (Wildman–Crippen LogP) is 5.10. The molecule has 0 aliphatic rings. The van der Waals surface area contributed by atoms with Gasteiger partial charge in [-0.15, -0.1) is 0 Å². The zero-order chi connectivity index (χ0) is 26.9. The van der Waals surface area contributed by atoms with Crippen LogP contribution in [0.15, 0.2) is 30.3 Å².